The van der Waals surface area contributed by atoms with Gasteiger partial charge < -0.3 is 15.5 Å². The number of hydrogen-bond acceptors (Lipinski definition) is 3. The second kappa shape index (κ2) is 8.13. The molecule has 4 nitrogen and oxygen atoms in total. The van der Waals surface area contributed by atoms with Crippen LogP contribution in [-0.2, 0) is 4.79 Å². The highest BCUT2D eigenvalue weighted by Gasteiger charge is 2.23. The van der Waals surface area contributed by atoms with E-state index in [1.165, 1.54) is 5.69 Å². The van der Waals surface area contributed by atoms with Crippen LogP contribution in [0.2, 0.25) is 0 Å². The first-order valence-corrected chi connectivity index (χ1v) is 8.51. The van der Waals surface area contributed by atoms with Gasteiger partial charge in [0.25, 0.3) is 0 Å². The van der Waals surface area contributed by atoms with Crippen LogP contribution in [0.15, 0.2) is 24.3 Å². The third kappa shape index (κ3) is 4.44. The quantitative estimate of drug-likeness (QED) is 0.815. The van der Waals surface area contributed by atoms with E-state index in [2.05, 4.69) is 41.5 Å². The number of hydrogen-bond donors (Lipinski definition) is 2. The number of carbonyl (C=O) groups excluding carboxylic acids is 1. The van der Waals surface area contributed by atoms with Crippen molar-refractivity contribution in [2.24, 2.45) is 5.92 Å². The van der Waals surface area contributed by atoms with Gasteiger partial charge in [0.1, 0.15) is 0 Å². The van der Waals surface area contributed by atoms with Crippen molar-refractivity contribution in [1.29, 1.82) is 0 Å². The van der Waals surface area contributed by atoms with Gasteiger partial charge in [-0.15, -0.1) is 0 Å². The summed E-state index contributed by atoms with van der Waals surface area (Å²) in [6.45, 7) is 6.25. The number of nitrogens with zero attached hydrogens (tertiary/aromatic N) is 1. The van der Waals surface area contributed by atoms with Crippen molar-refractivity contribution in [3.05, 3.63) is 24.3 Å². The van der Waals surface area contributed by atoms with Crippen molar-refractivity contribution >= 4 is 34.6 Å². The van der Waals surface area contributed by atoms with Crippen LogP contribution in [-0.4, -0.2) is 24.1 Å². The van der Waals surface area contributed by atoms with Crippen LogP contribution < -0.4 is 15.5 Å². The fraction of sp³-hybridized carbons (Fsp3) is 0.529. The van der Waals surface area contributed by atoms with Gasteiger partial charge in [-0.1, -0.05) is 12.8 Å². The van der Waals surface area contributed by atoms with Gasteiger partial charge >= 0.3 is 0 Å². The third-order valence-corrected chi connectivity index (χ3v) is 4.42. The predicted molar refractivity (Wildman–Crippen MR) is 96.3 cm³/mol. The molecule has 2 rings (SSSR count). The summed E-state index contributed by atoms with van der Waals surface area (Å²) in [4.78, 5) is 14.3. The molecule has 0 unspecified atom stereocenters. The number of rotatable bonds is 5. The molecule has 1 fully saturated rings. The molecule has 5 heteroatoms. The second-order valence-corrected chi connectivity index (χ2v) is 6.05. The molecule has 1 aromatic rings. The first kappa shape index (κ1) is 16.7. The molecule has 1 aliphatic carbocycles. The summed E-state index contributed by atoms with van der Waals surface area (Å²) in [7, 11) is 0. The first-order valence-electron chi connectivity index (χ1n) is 8.11. The molecule has 0 radical (unpaired) electrons. The number of nitrogens with one attached hydrogen (secondary N) is 2. The Hall–Kier alpha value is -1.62. The van der Waals surface area contributed by atoms with Gasteiger partial charge in [-0.25, -0.2) is 0 Å². The number of thiocarbonyl (C=S) groups is 1. The Labute approximate surface area is 138 Å². The van der Waals surface area contributed by atoms with Crippen LogP contribution in [0.1, 0.15) is 39.5 Å². The summed E-state index contributed by atoms with van der Waals surface area (Å²) in [6.07, 6.45) is 4.25. The van der Waals surface area contributed by atoms with Gasteiger partial charge in [-0.2, -0.15) is 0 Å². The van der Waals surface area contributed by atoms with Gasteiger partial charge in [0.05, 0.1) is 0 Å². The smallest absolute Gasteiger partial charge is 0.229 e. The monoisotopic (exact) mass is 319 g/mol. The van der Waals surface area contributed by atoms with Crippen molar-refractivity contribution in [2.45, 2.75) is 39.5 Å². The number of anilines is 2. The Bertz CT molecular complexity index is 505. The number of benzene rings is 1. The molecule has 1 aromatic carbocycles. The minimum Gasteiger partial charge on any atom is -0.372 e. The molecule has 0 atom stereocenters. The average molecular weight is 319 g/mol. The Kier molecular flexibility index (Phi) is 6.19. The molecule has 0 aromatic heterocycles. The highest BCUT2D eigenvalue weighted by Crippen LogP contribution is 2.24. The van der Waals surface area contributed by atoms with Crippen LogP contribution in [0, 0.1) is 5.92 Å². The predicted octanol–water partition coefficient (Wildman–Crippen LogP) is 3.54. The van der Waals surface area contributed by atoms with Crippen molar-refractivity contribution in [2.75, 3.05) is 23.3 Å². The van der Waals surface area contributed by atoms with Gasteiger partial charge in [0, 0.05) is 30.4 Å². The topological polar surface area (TPSA) is 44.4 Å². The molecule has 1 aliphatic rings. The van der Waals surface area contributed by atoms with Crippen LogP contribution in [0.25, 0.3) is 0 Å². The van der Waals surface area contributed by atoms with Gasteiger partial charge in [-0.05, 0) is 63.2 Å². The summed E-state index contributed by atoms with van der Waals surface area (Å²) in [5.41, 5.74) is 2.09. The zero-order valence-electron chi connectivity index (χ0n) is 13.4. The summed E-state index contributed by atoms with van der Waals surface area (Å²) in [5.74, 6) is 0.180. The summed E-state index contributed by atoms with van der Waals surface area (Å²) < 4.78 is 0. The number of carbonyl (C=O) groups is 1. The van der Waals surface area contributed by atoms with Crippen molar-refractivity contribution in [1.82, 2.24) is 5.32 Å². The highest BCUT2D eigenvalue weighted by molar-refractivity contribution is 7.80. The molecule has 0 heterocycles. The van der Waals surface area contributed by atoms with E-state index in [-0.39, 0.29) is 11.8 Å². The zero-order valence-corrected chi connectivity index (χ0v) is 14.2. The normalized spacial score (nSPS) is 14.6. The zero-order chi connectivity index (χ0) is 15.9. The Balaban J connectivity index is 1.87. The van der Waals surface area contributed by atoms with E-state index in [0.717, 1.165) is 44.5 Å². The van der Waals surface area contributed by atoms with Crippen LogP contribution in [0.4, 0.5) is 11.4 Å². The van der Waals surface area contributed by atoms with Gasteiger partial charge in [0.2, 0.25) is 5.91 Å². The van der Waals surface area contributed by atoms with E-state index in [1.807, 2.05) is 12.1 Å². The SMILES string of the molecule is CCN(CC)c1ccc(NC(=S)NC(=O)C2CCCC2)cc1. The Morgan fingerprint density at radius 2 is 1.77 bits per heavy atom. The van der Waals surface area contributed by atoms with E-state index in [0.29, 0.717) is 5.11 Å². The van der Waals surface area contributed by atoms with E-state index in [1.54, 1.807) is 0 Å². The molecule has 120 valence electrons. The number of amides is 1. The Morgan fingerprint density at radius 3 is 2.32 bits per heavy atom. The lowest BCUT2D eigenvalue weighted by atomic mass is 10.1. The highest BCUT2D eigenvalue weighted by atomic mass is 32.1. The van der Waals surface area contributed by atoms with Crippen LogP contribution in [0.5, 0.6) is 0 Å². The second-order valence-electron chi connectivity index (χ2n) is 5.64. The molecule has 2 N–H and O–H groups in total. The van der Waals surface area contributed by atoms with Crippen molar-refractivity contribution in [3.8, 4) is 0 Å². The molecule has 0 aliphatic heterocycles. The standard InChI is InChI=1S/C17H25N3OS/c1-3-20(4-2)15-11-9-14(10-12-15)18-17(22)19-16(21)13-7-5-6-8-13/h9-13H,3-8H2,1-2H3,(H2,18,19,21,22). The first-order chi connectivity index (χ1) is 10.6. The third-order valence-electron chi connectivity index (χ3n) is 4.22. The largest absolute Gasteiger partial charge is 0.372 e. The molecule has 1 amide bonds. The van der Waals surface area contributed by atoms with E-state index < -0.39 is 0 Å². The molecule has 0 bridgehead atoms. The van der Waals surface area contributed by atoms with Crippen molar-refractivity contribution in [3.63, 3.8) is 0 Å². The lowest BCUT2D eigenvalue weighted by Gasteiger charge is -2.21. The molecule has 1 saturated carbocycles. The van der Waals surface area contributed by atoms with Crippen LogP contribution in [0.3, 0.4) is 0 Å². The minimum absolute atomic E-state index is 0.0507. The minimum atomic E-state index is 0.0507. The maximum atomic E-state index is 12.0. The lowest BCUT2D eigenvalue weighted by Crippen LogP contribution is -2.37. The average Bonchev–Trinajstić information content (AvgIpc) is 3.04. The van der Waals surface area contributed by atoms with E-state index in [9.17, 15) is 4.79 Å². The Morgan fingerprint density at radius 1 is 1.18 bits per heavy atom. The lowest BCUT2D eigenvalue weighted by molar-refractivity contribution is -0.123. The van der Waals surface area contributed by atoms with Gasteiger partial charge in [0.15, 0.2) is 5.11 Å². The van der Waals surface area contributed by atoms with E-state index >= 15 is 0 Å². The fourth-order valence-electron chi connectivity index (χ4n) is 2.91. The van der Waals surface area contributed by atoms with E-state index in [4.69, 9.17) is 12.2 Å². The molecule has 0 saturated heterocycles. The fourth-order valence-corrected chi connectivity index (χ4v) is 3.13. The van der Waals surface area contributed by atoms with Gasteiger partial charge in [-0.3, -0.25) is 4.79 Å². The summed E-state index contributed by atoms with van der Waals surface area (Å²) in [5, 5.41) is 6.26. The molecule has 22 heavy (non-hydrogen) atoms. The summed E-state index contributed by atoms with van der Waals surface area (Å²) in [6, 6.07) is 8.11. The maximum absolute atomic E-state index is 12.0. The maximum Gasteiger partial charge on any atom is 0.229 e. The summed E-state index contributed by atoms with van der Waals surface area (Å²) >= 11 is 5.22. The van der Waals surface area contributed by atoms with Crippen molar-refractivity contribution < 1.29 is 4.79 Å². The molecule has 0 spiro atoms. The molecular weight excluding hydrogens is 294 g/mol. The van der Waals surface area contributed by atoms with Crippen LogP contribution >= 0.6 is 12.2 Å². The molecular formula is C17H25N3OS.